The van der Waals surface area contributed by atoms with Crippen LogP contribution in [0.5, 0.6) is 0 Å². The number of ether oxygens (including phenoxy) is 3. The van der Waals surface area contributed by atoms with E-state index in [4.69, 9.17) is 14.2 Å². The number of ketones is 1. The Kier molecular flexibility index (Phi) is 13.8. The third-order valence-electron chi connectivity index (χ3n) is 5.58. The third-order valence-corrected chi connectivity index (χ3v) is 5.58. The average Bonchev–Trinajstić information content (AvgIpc) is 2.69. The van der Waals surface area contributed by atoms with Crippen LogP contribution >= 0.6 is 0 Å². The van der Waals surface area contributed by atoms with Crippen LogP contribution in [0.1, 0.15) is 69.2 Å². The van der Waals surface area contributed by atoms with Gasteiger partial charge in [0.25, 0.3) is 0 Å². The van der Waals surface area contributed by atoms with E-state index in [2.05, 4.69) is 20.0 Å². The third kappa shape index (κ3) is 17.1. The van der Waals surface area contributed by atoms with Crippen molar-refractivity contribution in [2.24, 2.45) is 0 Å². The minimum absolute atomic E-state index is 0.00562. The molecule has 0 amide bonds. The highest BCUT2D eigenvalue weighted by Gasteiger charge is 2.25. The zero-order valence-electron chi connectivity index (χ0n) is 25.6. The molecular weight excluding hydrogens is 488 g/mol. The molecule has 0 aromatic carbocycles. The standard InChI is InChI=1S/C28H54N4O6/c1-22(36-26(2,3)4)23(33)19-32-17-15-30(20-24(34)37-27(5,6)7)13-11-29-12-14-31(16-18-32)21-25(35)38-28(8,9)10/h22,29H,11-21H2,1-10H3. The normalized spacial score (nSPS) is 19.2. The van der Waals surface area contributed by atoms with Crippen LogP contribution in [0.3, 0.4) is 0 Å². The number of hydrogen-bond acceptors (Lipinski definition) is 10. The van der Waals surface area contributed by atoms with Gasteiger partial charge in [0.2, 0.25) is 0 Å². The van der Waals surface area contributed by atoms with E-state index in [9.17, 15) is 14.4 Å². The first-order valence-corrected chi connectivity index (χ1v) is 13.8. The van der Waals surface area contributed by atoms with Crippen molar-refractivity contribution in [1.82, 2.24) is 20.0 Å². The van der Waals surface area contributed by atoms with E-state index < -0.39 is 22.9 Å². The van der Waals surface area contributed by atoms with Gasteiger partial charge in [0.1, 0.15) is 17.3 Å². The SMILES string of the molecule is CC(OC(C)(C)C)C(=O)CN1CCN(CC(=O)OC(C)(C)C)CCNCCN(CC(=O)OC(C)(C)C)CC1. The molecule has 1 fully saturated rings. The Labute approximate surface area is 230 Å². The number of rotatable bonds is 8. The van der Waals surface area contributed by atoms with Gasteiger partial charge in [-0.3, -0.25) is 29.1 Å². The minimum Gasteiger partial charge on any atom is -0.459 e. The summed E-state index contributed by atoms with van der Waals surface area (Å²) in [5, 5.41) is 3.41. The van der Waals surface area contributed by atoms with Gasteiger partial charge >= 0.3 is 11.9 Å². The smallest absolute Gasteiger partial charge is 0.320 e. The van der Waals surface area contributed by atoms with Crippen molar-refractivity contribution in [2.45, 2.75) is 92.1 Å². The lowest BCUT2D eigenvalue weighted by Crippen LogP contribution is -2.49. The van der Waals surface area contributed by atoms with E-state index in [1.165, 1.54) is 0 Å². The van der Waals surface area contributed by atoms with E-state index in [-0.39, 0.29) is 37.4 Å². The van der Waals surface area contributed by atoms with Gasteiger partial charge in [0.05, 0.1) is 25.2 Å². The van der Waals surface area contributed by atoms with Crippen LogP contribution < -0.4 is 5.32 Å². The predicted molar refractivity (Wildman–Crippen MR) is 149 cm³/mol. The first-order chi connectivity index (χ1) is 17.3. The second-order valence-electron chi connectivity index (χ2n) is 13.1. The van der Waals surface area contributed by atoms with Crippen LogP contribution in [0.4, 0.5) is 0 Å². The van der Waals surface area contributed by atoms with E-state index in [0.717, 1.165) is 0 Å². The second kappa shape index (κ2) is 15.3. The zero-order chi connectivity index (χ0) is 29.1. The maximum Gasteiger partial charge on any atom is 0.320 e. The molecule has 0 aromatic heterocycles. The molecule has 1 aliphatic rings. The van der Waals surface area contributed by atoms with E-state index >= 15 is 0 Å². The van der Waals surface area contributed by atoms with Crippen LogP contribution in [0.15, 0.2) is 0 Å². The zero-order valence-corrected chi connectivity index (χ0v) is 25.6. The molecule has 0 radical (unpaired) electrons. The molecular formula is C28H54N4O6. The number of nitrogens with one attached hydrogen (secondary N) is 1. The van der Waals surface area contributed by atoms with E-state index in [0.29, 0.717) is 52.4 Å². The number of Topliss-reactive ketones (excluding diaryl/α,β-unsaturated/α-hetero) is 1. The summed E-state index contributed by atoms with van der Waals surface area (Å²) in [5.41, 5.74) is -1.50. The Hall–Kier alpha value is -1.59. The molecule has 1 atom stereocenters. The Balaban J connectivity index is 2.95. The fourth-order valence-electron chi connectivity index (χ4n) is 4.03. The molecule has 10 nitrogen and oxygen atoms in total. The largest absolute Gasteiger partial charge is 0.459 e. The van der Waals surface area contributed by atoms with Gasteiger partial charge in [-0.05, 0) is 69.2 Å². The van der Waals surface area contributed by atoms with Gasteiger partial charge < -0.3 is 19.5 Å². The highest BCUT2D eigenvalue weighted by atomic mass is 16.6. The predicted octanol–water partition coefficient (Wildman–Crippen LogP) is 1.95. The molecule has 1 heterocycles. The molecule has 1 N–H and O–H groups in total. The number of carbonyl (C=O) groups is 3. The van der Waals surface area contributed by atoms with Gasteiger partial charge in [-0.15, -0.1) is 0 Å². The van der Waals surface area contributed by atoms with Gasteiger partial charge in [0, 0.05) is 52.4 Å². The molecule has 0 bridgehead atoms. The maximum atomic E-state index is 13.0. The lowest BCUT2D eigenvalue weighted by molar-refractivity contribution is -0.157. The molecule has 1 rings (SSSR count). The number of nitrogens with zero attached hydrogens (tertiary/aromatic N) is 3. The Morgan fingerprint density at radius 2 is 1.00 bits per heavy atom. The summed E-state index contributed by atoms with van der Waals surface area (Å²) >= 11 is 0. The Morgan fingerprint density at radius 1 is 0.632 bits per heavy atom. The van der Waals surface area contributed by atoms with Crippen LogP contribution in [-0.2, 0) is 28.6 Å². The monoisotopic (exact) mass is 542 g/mol. The van der Waals surface area contributed by atoms with E-state index in [1.807, 2.05) is 62.3 Å². The molecule has 0 aromatic rings. The maximum absolute atomic E-state index is 13.0. The van der Waals surface area contributed by atoms with Crippen molar-refractivity contribution in [3.63, 3.8) is 0 Å². The molecule has 1 saturated heterocycles. The minimum atomic E-state index is -0.541. The molecule has 1 aliphatic heterocycles. The number of carbonyl (C=O) groups excluding carboxylic acids is 3. The molecule has 38 heavy (non-hydrogen) atoms. The van der Waals surface area contributed by atoms with Crippen LogP contribution in [0.2, 0.25) is 0 Å². The summed E-state index contributed by atoms with van der Waals surface area (Å²) in [7, 11) is 0. The number of hydrogen-bond donors (Lipinski definition) is 1. The van der Waals surface area contributed by atoms with Gasteiger partial charge in [0.15, 0.2) is 5.78 Å². The fourth-order valence-corrected chi connectivity index (χ4v) is 4.03. The van der Waals surface area contributed by atoms with Crippen LogP contribution in [-0.4, -0.2) is 127 Å². The summed E-state index contributed by atoms with van der Waals surface area (Å²) in [6.45, 7) is 24.5. The van der Waals surface area contributed by atoms with Crippen LogP contribution in [0, 0.1) is 0 Å². The lowest BCUT2D eigenvalue weighted by atomic mass is 10.1. The van der Waals surface area contributed by atoms with Gasteiger partial charge in [-0.2, -0.15) is 0 Å². The summed E-state index contributed by atoms with van der Waals surface area (Å²) < 4.78 is 17.0. The first-order valence-electron chi connectivity index (χ1n) is 13.8. The molecule has 0 saturated carbocycles. The van der Waals surface area contributed by atoms with Crippen molar-refractivity contribution in [1.29, 1.82) is 0 Å². The van der Waals surface area contributed by atoms with Gasteiger partial charge in [-0.25, -0.2) is 0 Å². The molecule has 10 heteroatoms. The molecule has 222 valence electrons. The molecule has 1 unspecified atom stereocenters. The lowest BCUT2D eigenvalue weighted by Gasteiger charge is -2.32. The molecule has 0 aliphatic carbocycles. The summed E-state index contributed by atoms with van der Waals surface area (Å²) in [5.74, 6) is -0.517. The molecule has 0 spiro atoms. The quantitative estimate of drug-likeness (QED) is 0.458. The number of esters is 2. The van der Waals surface area contributed by atoms with Gasteiger partial charge in [-0.1, -0.05) is 0 Å². The van der Waals surface area contributed by atoms with Crippen LogP contribution in [0.25, 0.3) is 0 Å². The summed E-state index contributed by atoms with van der Waals surface area (Å²) in [4.78, 5) is 44.3. The van der Waals surface area contributed by atoms with Crippen molar-refractivity contribution >= 4 is 17.7 Å². The average molecular weight is 543 g/mol. The van der Waals surface area contributed by atoms with Crippen molar-refractivity contribution in [3.8, 4) is 0 Å². The first kappa shape index (κ1) is 34.4. The second-order valence-corrected chi connectivity index (χ2v) is 13.1. The van der Waals surface area contributed by atoms with Crippen molar-refractivity contribution in [3.05, 3.63) is 0 Å². The summed E-state index contributed by atoms with van der Waals surface area (Å²) in [6, 6.07) is 0. The Bertz CT molecular complexity index is 710. The summed E-state index contributed by atoms with van der Waals surface area (Å²) in [6.07, 6.45) is -0.531. The fraction of sp³-hybridized carbons (Fsp3) is 0.893. The topological polar surface area (TPSA) is 101 Å². The van der Waals surface area contributed by atoms with Crippen molar-refractivity contribution < 1.29 is 28.6 Å². The van der Waals surface area contributed by atoms with E-state index in [1.54, 1.807) is 6.92 Å². The highest BCUT2D eigenvalue weighted by Crippen LogP contribution is 2.12. The Morgan fingerprint density at radius 3 is 1.34 bits per heavy atom. The highest BCUT2D eigenvalue weighted by molar-refractivity contribution is 5.84. The van der Waals surface area contributed by atoms with Crippen molar-refractivity contribution in [2.75, 3.05) is 72.0 Å².